The lowest BCUT2D eigenvalue weighted by Crippen LogP contribution is -2.34. The lowest BCUT2D eigenvalue weighted by molar-refractivity contribution is -0.141. The molecule has 166 valence electrons. The lowest BCUT2D eigenvalue weighted by Gasteiger charge is -2.19. The second kappa shape index (κ2) is 9.16. The fourth-order valence-corrected chi connectivity index (χ4v) is 5.77. The maximum Gasteiger partial charge on any atom is 0.327 e. The number of hydrogen-bond donors (Lipinski definition) is 1. The SMILES string of the molecule is O=C(O)C(Cc1ccccc1)n1c(/C=C/c2ccccc2)nc2sc3c(c2c1=O)CCCC3. The zero-order valence-electron chi connectivity index (χ0n) is 18.1. The molecule has 2 aromatic heterocycles. The summed E-state index contributed by atoms with van der Waals surface area (Å²) < 4.78 is 1.39. The third-order valence-corrected chi connectivity index (χ3v) is 7.33. The van der Waals surface area contributed by atoms with Crippen molar-refractivity contribution in [3.05, 3.63) is 98.4 Å². The van der Waals surface area contributed by atoms with Crippen molar-refractivity contribution in [2.75, 3.05) is 0 Å². The highest BCUT2D eigenvalue weighted by atomic mass is 32.1. The number of thiophene rings is 1. The number of nitrogens with zero attached hydrogens (tertiary/aromatic N) is 2. The van der Waals surface area contributed by atoms with Gasteiger partial charge in [0.25, 0.3) is 5.56 Å². The maximum atomic E-state index is 13.9. The molecular weight excluding hydrogens is 432 g/mol. The molecule has 0 radical (unpaired) electrons. The summed E-state index contributed by atoms with van der Waals surface area (Å²) in [5, 5.41) is 10.8. The van der Waals surface area contributed by atoms with Gasteiger partial charge in [-0.3, -0.25) is 9.36 Å². The molecule has 1 aliphatic carbocycles. The van der Waals surface area contributed by atoms with Crippen LogP contribution in [0.15, 0.2) is 65.5 Å². The van der Waals surface area contributed by atoms with E-state index in [-0.39, 0.29) is 12.0 Å². The topological polar surface area (TPSA) is 72.2 Å². The standard InChI is InChI=1S/C27H24N2O3S/c30-26-24-20-13-7-8-14-22(20)33-25(24)28-23(16-15-18-9-3-1-4-10-18)29(26)21(27(31)32)17-19-11-5-2-6-12-19/h1-6,9-12,15-16,21H,7-8,13-14,17H2,(H,31,32)/b16-15+. The molecule has 1 N–H and O–H groups in total. The van der Waals surface area contributed by atoms with E-state index in [0.717, 1.165) is 42.4 Å². The Bertz CT molecular complexity index is 1390. The number of carbonyl (C=O) groups is 1. The van der Waals surface area contributed by atoms with Crippen molar-refractivity contribution in [2.45, 2.75) is 38.1 Å². The van der Waals surface area contributed by atoms with Gasteiger partial charge in [-0.05, 0) is 48.4 Å². The van der Waals surface area contributed by atoms with Crippen molar-refractivity contribution in [3.63, 3.8) is 0 Å². The summed E-state index contributed by atoms with van der Waals surface area (Å²) in [4.78, 5) is 33.1. The molecule has 0 saturated carbocycles. The van der Waals surface area contributed by atoms with E-state index in [1.807, 2.05) is 66.7 Å². The minimum absolute atomic E-state index is 0.210. The molecule has 0 saturated heterocycles. The van der Waals surface area contributed by atoms with Crippen molar-refractivity contribution in [1.29, 1.82) is 0 Å². The monoisotopic (exact) mass is 456 g/mol. The molecular formula is C27H24N2O3S. The van der Waals surface area contributed by atoms with Crippen LogP contribution in [0.2, 0.25) is 0 Å². The molecule has 2 aromatic carbocycles. The summed E-state index contributed by atoms with van der Waals surface area (Å²) in [5.41, 5.74) is 2.63. The largest absolute Gasteiger partial charge is 0.480 e. The number of carboxylic acids is 1. The molecule has 0 amide bonds. The number of carboxylic acid groups (broad SMARTS) is 1. The number of rotatable bonds is 6. The van der Waals surface area contributed by atoms with Gasteiger partial charge in [0.2, 0.25) is 0 Å². The van der Waals surface area contributed by atoms with Gasteiger partial charge in [-0.25, -0.2) is 9.78 Å². The van der Waals surface area contributed by atoms with Crippen LogP contribution in [-0.4, -0.2) is 20.6 Å². The number of aliphatic carboxylic acids is 1. The highest BCUT2D eigenvalue weighted by Crippen LogP contribution is 2.34. The van der Waals surface area contributed by atoms with E-state index in [2.05, 4.69) is 0 Å². The Hall–Kier alpha value is -3.51. The Morgan fingerprint density at radius 2 is 1.73 bits per heavy atom. The van der Waals surface area contributed by atoms with Crippen LogP contribution in [0, 0.1) is 0 Å². The summed E-state index contributed by atoms with van der Waals surface area (Å²) in [6.45, 7) is 0. The molecule has 0 bridgehead atoms. The van der Waals surface area contributed by atoms with Crippen LogP contribution in [0.4, 0.5) is 0 Å². The molecule has 0 aliphatic heterocycles. The van der Waals surface area contributed by atoms with Crippen LogP contribution in [0.5, 0.6) is 0 Å². The van der Waals surface area contributed by atoms with Crippen molar-refractivity contribution in [2.24, 2.45) is 0 Å². The van der Waals surface area contributed by atoms with Crippen LogP contribution in [0.3, 0.4) is 0 Å². The van der Waals surface area contributed by atoms with Crippen LogP contribution >= 0.6 is 11.3 Å². The van der Waals surface area contributed by atoms with Gasteiger partial charge >= 0.3 is 5.97 Å². The molecule has 1 unspecified atom stereocenters. The van der Waals surface area contributed by atoms with Gasteiger partial charge < -0.3 is 5.11 Å². The van der Waals surface area contributed by atoms with Gasteiger partial charge in [-0.1, -0.05) is 66.7 Å². The molecule has 4 aromatic rings. The number of fused-ring (bicyclic) bond motifs is 3. The van der Waals surface area contributed by atoms with Gasteiger partial charge in [0.05, 0.1) is 5.39 Å². The summed E-state index contributed by atoms with van der Waals surface area (Å²) >= 11 is 1.58. The molecule has 5 nitrogen and oxygen atoms in total. The van der Waals surface area contributed by atoms with E-state index >= 15 is 0 Å². The maximum absolute atomic E-state index is 13.9. The van der Waals surface area contributed by atoms with Crippen LogP contribution in [-0.2, 0) is 24.1 Å². The summed E-state index contributed by atoms with van der Waals surface area (Å²) in [7, 11) is 0. The average Bonchev–Trinajstić information content (AvgIpc) is 3.21. The normalized spacial score (nSPS) is 14.4. The Morgan fingerprint density at radius 1 is 1.03 bits per heavy atom. The summed E-state index contributed by atoms with van der Waals surface area (Å²) in [5.74, 6) is -0.668. The first kappa shape index (κ1) is 21.3. The third-order valence-electron chi connectivity index (χ3n) is 6.14. The fraction of sp³-hybridized carbons (Fsp3) is 0.222. The zero-order chi connectivity index (χ0) is 22.8. The molecule has 0 fully saturated rings. The molecule has 33 heavy (non-hydrogen) atoms. The van der Waals surface area contributed by atoms with E-state index in [0.29, 0.717) is 16.0 Å². The number of aromatic nitrogens is 2. The van der Waals surface area contributed by atoms with Crippen LogP contribution < -0.4 is 5.56 Å². The second-order valence-electron chi connectivity index (χ2n) is 8.32. The third kappa shape index (κ3) is 4.26. The Balaban J connectivity index is 1.71. The zero-order valence-corrected chi connectivity index (χ0v) is 18.9. The predicted molar refractivity (Wildman–Crippen MR) is 133 cm³/mol. The van der Waals surface area contributed by atoms with E-state index < -0.39 is 12.0 Å². The first-order chi connectivity index (χ1) is 16.1. The Labute approximate surface area is 195 Å². The highest BCUT2D eigenvalue weighted by molar-refractivity contribution is 7.18. The minimum Gasteiger partial charge on any atom is -0.480 e. The highest BCUT2D eigenvalue weighted by Gasteiger charge is 2.28. The van der Waals surface area contributed by atoms with E-state index in [1.54, 1.807) is 17.4 Å². The van der Waals surface area contributed by atoms with Gasteiger partial charge in [0.1, 0.15) is 16.7 Å². The van der Waals surface area contributed by atoms with Crippen molar-refractivity contribution in [3.8, 4) is 0 Å². The number of hydrogen-bond acceptors (Lipinski definition) is 4. The average molecular weight is 457 g/mol. The molecule has 6 heteroatoms. The molecule has 1 aliphatic rings. The van der Waals surface area contributed by atoms with Gasteiger partial charge in [0.15, 0.2) is 0 Å². The van der Waals surface area contributed by atoms with Crippen molar-refractivity contribution >= 4 is 39.7 Å². The van der Waals surface area contributed by atoms with E-state index in [4.69, 9.17) is 4.98 Å². The van der Waals surface area contributed by atoms with Crippen LogP contribution in [0.1, 0.15) is 46.3 Å². The van der Waals surface area contributed by atoms with Crippen molar-refractivity contribution in [1.82, 2.24) is 9.55 Å². The fourth-order valence-electron chi connectivity index (χ4n) is 4.51. The molecule has 5 rings (SSSR count). The number of aryl methyl sites for hydroxylation is 2. The first-order valence-corrected chi connectivity index (χ1v) is 12.0. The smallest absolute Gasteiger partial charge is 0.327 e. The van der Waals surface area contributed by atoms with E-state index in [1.165, 1.54) is 9.44 Å². The Kier molecular flexibility index (Phi) is 5.92. The van der Waals surface area contributed by atoms with E-state index in [9.17, 15) is 14.7 Å². The first-order valence-electron chi connectivity index (χ1n) is 11.2. The van der Waals surface area contributed by atoms with Crippen LogP contribution in [0.25, 0.3) is 22.4 Å². The van der Waals surface area contributed by atoms with Gasteiger partial charge in [0, 0.05) is 11.3 Å². The van der Waals surface area contributed by atoms with Gasteiger partial charge in [-0.2, -0.15) is 0 Å². The second-order valence-corrected chi connectivity index (χ2v) is 9.41. The molecule has 0 spiro atoms. The minimum atomic E-state index is -1.05. The Morgan fingerprint density at radius 3 is 2.45 bits per heavy atom. The summed E-state index contributed by atoms with van der Waals surface area (Å²) in [6.07, 6.45) is 7.80. The lowest BCUT2D eigenvalue weighted by atomic mass is 9.97. The predicted octanol–water partition coefficient (Wildman–Crippen LogP) is 5.38. The molecule has 2 heterocycles. The summed E-state index contributed by atoms with van der Waals surface area (Å²) in [6, 6.07) is 18.1. The van der Waals surface area contributed by atoms with Crippen molar-refractivity contribution < 1.29 is 9.90 Å². The quantitative estimate of drug-likeness (QED) is 0.423. The van der Waals surface area contributed by atoms with Gasteiger partial charge in [-0.15, -0.1) is 11.3 Å². The molecule has 1 atom stereocenters. The number of benzene rings is 2.